The molecule has 0 saturated heterocycles. The number of nitrogens with zero attached hydrogens (tertiary/aromatic N) is 3. The first-order valence-corrected chi connectivity index (χ1v) is 10.2. The summed E-state index contributed by atoms with van der Waals surface area (Å²) in [5.74, 6) is 0.334. The number of nitrogens with two attached hydrogens (primary N) is 1. The Balaban J connectivity index is 4.71. The Labute approximate surface area is 160 Å². The van der Waals surface area contributed by atoms with Gasteiger partial charge in [-0.15, -0.1) is 0 Å². The van der Waals surface area contributed by atoms with Crippen LogP contribution in [0.2, 0.25) is 0 Å². The predicted octanol–water partition coefficient (Wildman–Crippen LogP) is 3.01. The zero-order valence-corrected chi connectivity index (χ0v) is 17.4. The van der Waals surface area contributed by atoms with Crippen LogP contribution in [0.5, 0.6) is 0 Å². The summed E-state index contributed by atoms with van der Waals surface area (Å²) in [7, 11) is -3.35. The van der Waals surface area contributed by atoms with Crippen molar-refractivity contribution >= 4 is 37.0 Å². The molecule has 3 N–H and O–H groups in total. The molecule has 0 aliphatic rings. The fourth-order valence-corrected chi connectivity index (χ4v) is 3.58. The van der Waals surface area contributed by atoms with Crippen molar-refractivity contribution in [2.75, 3.05) is 26.0 Å². The average Bonchev–Trinajstić information content (AvgIpc) is 2.47. The van der Waals surface area contributed by atoms with E-state index in [0.29, 0.717) is 12.4 Å². The Hall–Kier alpha value is -1.25. The normalized spacial score (nSPS) is 12.6. The van der Waals surface area contributed by atoms with Crippen molar-refractivity contribution in [2.45, 2.75) is 39.9 Å². The van der Waals surface area contributed by atoms with Crippen LogP contribution in [0.3, 0.4) is 0 Å². The van der Waals surface area contributed by atoms with E-state index in [2.05, 4.69) is 16.6 Å². The first-order valence-electron chi connectivity index (χ1n) is 8.06. The molecule has 0 aliphatic carbocycles. The summed E-state index contributed by atoms with van der Waals surface area (Å²) in [6.45, 7) is 11.4. The van der Waals surface area contributed by atoms with Crippen molar-refractivity contribution in [3.8, 4) is 0 Å². The molecule has 9 nitrogen and oxygen atoms in total. The van der Waals surface area contributed by atoms with Crippen LogP contribution < -0.4 is 5.73 Å². The van der Waals surface area contributed by atoms with Gasteiger partial charge in [0, 0.05) is 6.54 Å². The minimum Gasteiger partial charge on any atom is -0.390 e. The van der Waals surface area contributed by atoms with Gasteiger partial charge in [-0.25, -0.2) is 4.99 Å². The van der Waals surface area contributed by atoms with E-state index in [1.807, 2.05) is 0 Å². The van der Waals surface area contributed by atoms with Crippen molar-refractivity contribution in [1.82, 2.24) is 4.90 Å². The van der Waals surface area contributed by atoms with Gasteiger partial charge in [-0.05, 0) is 27.7 Å². The van der Waals surface area contributed by atoms with Crippen LogP contribution in [0.25, 0.3) is 0 Å². The van der Waals surface area contributed by atoms with Crippen LogP contribution in [-0.2, 0) is 18.3 Å². The first-order chi connectivity index (χ1) is 12.1. The Kier molecular flexibility index (Phi) is 12.4. The minimum atomic E-state index is -3.35. The molecule has 0 aromatic carbocycles. The lowest BCUT2D eigenvalue weighted by atomic mass is 10.5. The molecule has 0 aliphatic heterocycles. The highest BCUT2D eigenvalue weighted by Crippen LogP contribution is 2.50. The third-order valence-electron chi connectivity index (χ3n) is 2.48. The van der Waals surface area contributed by atoms with Crippen molar-refractivity contribution in [1.29, 1.82) is 5.41 Å². The lowest BCUT2D eigenvalue weighted by Crippen LogP contribution is -2.26. The molecule has 0 rings (SSSR count). The summed E-state index contributed by atoms with van der Waals surface area (Å²) in [6.07, 6.45) is 1.86. The average molecular weight is 410 g/mol. The van der Waals surface area contributed by atoms with E-state index in [-0.39, 0.29) is 36.9 Å². The Morgan fingerprint density at radius 1 is 1.35 bits per heavy atom. The molecule has 26 heavy (non-hydrogen) atoms. The second-order valence-corrected chi connectivity index (χ2v) is 8.06. The van der Waals surface area contributed by atoms with Gasteiger partial charge < -0.3 is 24.4 Å². The molecule has 0 fully saturated rings. The van der Waals surface area contributed by atoms with E-state index in [0.717, 1.165) is 6.34 Å². The Morgan fingerprint density at radius 2 is 1.92 bits per heavy atom. The van der Waals surface area contributed by atoms with Crippen LogP contribution in [0, 0.1) is 5.41 Å². The minimum absolute atomic E-state index is 0.0399. The maximum Gasteiger partial charge on any atom is 0.356 e. The van der Waals surface area contributed by atoms with Gasteiger partial charge in [-0.1, -0.05) is 18.2 Å². The van der Waals surface area contributed by atoms with Gasteiger partial charge in [0.05, 0.1) is 38.0 Å². The quantitative estimate of drug-likeness (QED) is 0.197. The fourth-order valence-electron chi connectivity index (χ4n) is 1.70. The monoisotopic (exact) mass is 409 g/mol. The highest BCUT2D eigenvalue weighted by atomic mass is 35.5. The maximum atomic E-state index is 12.7. The van der Waals surface area contributed by atoms with Crippen LogP contribution >= 0.6 is 19.2 Å². The summed E-state index contributed by atoms with van der Waals surface area (Å²) < 4.78 is 28.9. The molecule has 0 saturated carbocycles. The van der Waals surface area contributed by atoms with Crippen molar-refractivity contribution in [3.63, 3.8) is 0 Å². The fraction of sp³-hybridized carbons (Fsp3) is 0.667. The number of hydrogen-bond donors (Lipinski definition) is 2. The van der Waals surface area contributed by atoms with E-state index in [1.165, 1.54) is 6.34 Å². The van der Waals surface area contributed by atoms with Gasteiger partial charge in [0.1, 0.15) is 17.3 Å². The molecule has 0 spiro atoms. The van der Waals surface area contributed by atoms with Gasteiger partial charge >= 0.3 is 7.60 Å². The van der Waals surface area contributed by atoms with Gasteiger partial charge in [0.15, 0.2) is 0 Å². The van der Waals surface area contributed by atoms with Crippen molar-refractivity contribution in [3.05, 3.63) is 12.4 Å². The Morgan fingerprint density at radius 3 is 2.38 bits per heavy atom. The lowest BCUT2D eigenvalue weighted by Gasteiger charge is -2.23. The molecule has 0 unspecified atom stereocenters. The molecular formula is C15H29ClN5O4P. The molecule has 0 heterocycles. The standard InChI is InChI=1S/C15H29ClN5O4P/c1-12(2)24-26(22,25-13(3)4)11-23-7-6-21(14(5)20-9-17)10-19-8-15(16)18/h9-10,12-13,18H,5-8,11H2,1-4H3,(H2,17,20). The number of nitrogens with one attached hydrogen (secondary N) is 1. The number of ether oxygens (including phenoxy) is 1. The Bertz CT molecular complexity index is 540. The molecular weight excluding hydrogens is 381 g/mol. The van der Waals surface area contributed by atoms with Crippen LogP contribution in [0.4, 0.5) is 0 Å². The highest BCUT2D eigenvalue weighted by molar-refractivity contribution is 7.53. The number of hydrogen-bond acceptors (Lipinski definition) is 7. The third-order valence-corrected chi connectivity index (χ3v) is 4.58. The maximum absolute atomic E-state index is 12.7. The van der Waals surface area contributed by atoms with Gasteiger partial charge in [-0.3, -0.25) is 15.0 Å². The SMILES string of the molecule is C=C(/N=C/N)N(C=NCC(=N)Cl)CCOCP(=O)(OC(C)C)OC(C)C. The number of halogens is 1. The molecule has 0 radical (unpaired) electrons. The first kappa shape index (κ1) is 24.8. The van der Waals surface area contributed by atoms with Crippen LogP contribution in [0.1, 0.15) is 27.7 Å². The van der Waals surface area contributed by atoms with Gasteiger partial charge in [-0.2, -0.15) is 0 Å². The predicted molar refractivity (Wildman–Crippen MR) is 106 cm³/mol. The van der Waals surface area contributed by atoms with Crippen molar-refractivity contribution in [2.24, 2.45) is 15.7 Å². The van der Waals surface area contributed by atoms with E-state index in [9.17, 15) is 4.57 Å². The second kappa shape index (κ2) is 13.0. The van der Waals surface area contributed by atoms with Gasteiger partial charge in [0.2, 0.25) is 0 Å². The van der Waals surface area contributed by atoms with Crippen molar-refractivity contribution < 1.29 is 18.3 Å². The van der Waals surface area contributed by atoms with E-state index < -0.39 is 7.60 Å². The third kappa shape index (κ3) is 12.2. The lowest BCUT2D eigenvalue weighted by molar-refractivity contribution is 0.0961. The zero-order chi connectivity index (χ0) is 20.2. The van der Waals surface area contributed by atoms with Crippen LogP contribution in [-0.4, -0.2) is 61.0 Å². The topological polar surface area (TPSA) is 123 Å². The molecule has 0 aromatic rings. The summed E-state index contributed by atoms with van der Waals surface area (Å²) >= 11 is 5.46. The van der Waals surface area contributed by atoms with E-state index in [1.54, 1.807) is 32.6 Å². The summed E-state index contributed by atoms with van der Waals surface area (Å²) in [5, 5.41) is 7.06. The van der Waals surface area contributed by atoms with Gasteiger partial charge in [0.25, 0.3) is 0 Å². The largest absolute Gasteiger partial charge is 0.390 e. The molecule has 11 heteroatoms. The smallest absolute Gasteiger partial charge is 0.356 e. The van der Waals surface area contributed by atoms with E-state index >= 15 is 0 Å². The zero-order valence-electron chi connectivity index (χ0n) is 15.7. The molecule has 150 valence electrons. The number of rotatable bonds is 14. The highest BCUT2D eigenvalue weighted by Gasteiger charge is 2.28. The number of aliphatic imine (C=N–C) groups is 2. The summed E-state index contributed by atoms with van der Waals surface area (Å²) in [5.41, 5.74) is 5.27. The molecule has 0 atom stereocenters. The second-order valence-electron chi connectivity index (χ2n) is 5.71. The molecule has 0 bridgehead atoms. The van der Waals surface area contributed by atoms with E-state index in [4.69, 9.17) is 36.5 Å². The van der Waals surface area contributed by atoms with Crippen LogP contribution in [0.15, 0.2) is 22.4 Å². The summed E-state index contributed by atoms with van der Waals surface area (Å²) in [6, 6.07) is 0. The summed E-state index contributed by atoms with van der Waals surface area (Å²) in [4.78, 5) is 9.44. The molecule has 0 aromatic heterocycles. The molecule has 0 amide bonds.